The molecule has 0 saturated heterocycles. The van der Waals surface area contributed by atoms with Crippen LogP contribution >= 0.6 is 11.6 Å². The Bertz CT molecular complexity index is 1160. The molecule has 0 fully saturated rings. The predicted octanol–water partition coefficient (Wildman–Crippen LogP) is 4.89. The number of amides is 1. The van der Waals surface area contributed by atoms with Gasteiger partial charge in [-0.05, 0) is 41.5 Å². The van der Waals surface area contributed by atoms with Crippen LogP contribution in [0.2, 0.25) is 5.02 Å². The number of carboxylic acids is 1. The van der Waals surface area contributed by atoms with Crippen molar-refractivity contribution in [3.05, 3.63) is 100 Å². The zero-order valence-corrected chi connectivity index (χ0v) is 19.1. The molecule has 0 aliphatic carbocycles. The van der Waals surface area contributed by atoms with E-state index < -0.39 is 23.7 Å². The van der Waals surface area contributed by atoms with Crippen molar-refractivity contribution in [1.29, 1.82) is 0 Å². The molecule has 6 nitrogen and oxygen atoms in total. The molecular formula is C26H23ClFNO5. The minimum Gasteiger partial charge on any atom is -0.493 e. The van der Waals surface area contributed by atoms with Crippen LogP contribution in [0.15, 0.2) is 72.8 Å². The van der Waals surface area contributed by atoms with Crippen molar-refractivity contribution in [1.82, 2.24) is 5.32 Å². The molecule has 3 aromatic carbocycles. The summed E-state index contributed by atoms with van der Waals surface area (Å²) in [5.41, 5.74) is 1.66. The number of carbonyl (C=O) groups excluding carboxylic acids is 1. The summed E-state index contributed by atoms with van der Waals surface area (Å²) in [5, 5.41) is 12.2. The number of nitrogens with one attached hydrogen (secondary N) is 1. The molecule has 0 aliphatic rings. The van der Waals surface area contributed by atoms with E-state index in [-0.39, 0.29) is 23.6 Å². The first-order chi connectivity index (χ1) is 16.4. The molecule has 34 heavy (non-hydrogen) atoms. The Labute approximate surface area is 201 Å². The van der Waals surface area contributed by atoms with Gasteiger partial charge >= 0.3 is 5.97 Å². The van der Waals surface area contributed by atoms with Crippen LogP contribution in [0.25, 0.3) is 6.08 Å². The van der Waals surface area contributed by atoms with Gasteiger partial charge in [-0.15, -0.1) is 0 Å². The van der Waals surface area contributed by atoms with Gasteiger partial charge in [0.2, 0.25) is 5.91 Å². The second kappa shape index (κ2) is 11.9. The maximum atomic E-state index is 14.0. The molecule has 0 aliphatic heterocycles. The standard InChI is InChI=1S/C26H23ClFNO5/c1-33-24-15-18(10-12-23(24)34-16-19-20(27)8-5-9-21(19)28)11-13-25(30)29-22(26(31)32)14-17-6-3-2-4-7-17/h2-13,15,22H,14,16H2,1H3,(H,29,30)(H,31,32)/b13-11+/t22-/m1/s1. The lowest BCUT2D eigenvalue weighted by Gasteiger charge is -2.13. The van der Waals surface area contributed by atoms with Gasteiger partial charge < -0.3 is 19.9 Å². The third-order valence-corrected chi connectivity index (χ3v) is 5.30. The van der Waals surface area contributed by atoms with Gasteiger partial charge in [-0.25, -0.2) is 9.18 Å². The van der Waals surface area contributed by atoms with Crippen molar-refractivity contribution >= 4 is 29.6 Å². The average Bonchev–Trinajstić information content (AvgIpc) is 2.83. The second-order valence-corrected chi connectivity index (χ2v) is 7.73. The fraction of sp³-hybridized carbons (Fsp3) is 0.154. The quantitative estimate of drug-likeness (QED) is 0.401. The zero-order chi connectivity index (χ0) is 24.5. The Morgan fingerprint density at radius 2 is 1.85 bits per heavy atom. The molecule has 0 aromatic heterocycles. The SMILES string of the molecule is COc1cc(/C=C/C(=O)N[C@H](Cc2ccccc2)C(=O)O)ccc1OCc1c(F)cccc1Cl. The topological polar surface area (TPSA) is 84.9 Å². The fourth-order valence-electron chi connectivity index (χ4n) is 3.17. The van der Waals surface area contributed by atoms with Gasteiger partial charge in [0.15, 0.2) is 11.5 Å². The van der Waals surface area contributed by atoms with Crippen molar-refractivity contribution in [2.75, 3.05) is 7.11 Å². The molecule has 1 amide bonds. The van der Waals surface area contributed by atoms with Gasteiger partial charge in [0, 0.05) is 18.1 Å². The van der Waals surface area contributed by atoms with Gasteiger partial charge in [0.05, 0.1) is 12.1 Å². The number of ether oxygens (including phenoxy) is 2. The lowest BCUT2D eigenvalue weighted by Crippen LogP contribution is -2.41. The number of carbonyl (C=O) groups is 2. The minimum absolute atomic E-state index is 0.0859. The second-order valence-electron chi connectivity index (χ2n) is 7.32. The maximum absolute atomic E-state index is 14.0. The minimum atomic E-state index is -1.12. The van der Waals surface area contributed by atoms with E-state index in [1.165, 1.54) is 31.4 Å². The van der Waals surface area contributed by atoms with E-state index in [1.807, 2.05) is 18.2 Å². The number of hydrogen-bond donors (Lipinski definition) is 2. The van der Waals surface area contributed by atoms with Gasteiger partial charge in [-0.1, -0.05) is 54.1 Å². The Balaban J connectivity index is 1.64. The van der Waals surface area contributed by atoms with Gasteiger partial charge in [-0.2, -0.15) is 0 Å². The molecule has 3 rings (SSSR count). The first kappa shape index (κ1) is 24.8. The summed E-state index contributed by atoms with van der Waals surface area (Å²) in [7, 11) is 1.46. The third kappa shape index (κ3) is 6.83. The summed E-state index contributed by atoms with van der Waals surface area (Å²) in [6.45, 7) is -0.0859. The smallest absolute Gasteiger partial charge is 0.326 e. The molecule has 0 heterocycles. The highest BCUT2D eigenvalue weighted by Gasteiger charge is 2.19. The van der Waals surface area contributed by atoms with E-state index in [4.69, 9.17) is 21.1 Å². The number of methoxy groups -OCH3 is 1. The van der Waals surface area contributed by atoms with Crippen LogP contribution in [0.5, 0.6) is 11.5 Å². The molecular weight excluding hydrogens is 461 g/mol. The summed E-state index contributed by atoms with van der Waals surface area (Å²) in [6, 6.07) is 17.3. The molecule has 176 valence electrons. The molecule has 0 saturated carbocycles. The van der Waals surface area contributed by atoms with Crippen LogP contribution in [0.1, 0.15) is 16.7 Å². The molecule has 1 atom stereocenters. The van der Waals surface area contributed by atoms with Crippen LogP contribution in [0.4, 0.5) is 4.39 Å². The number of carboxylic acid groups (broad SMARTS) is 1. The van der Waals surface area contributed by atoms with Crippen molar-refractivity contribution in [2.24, 2.45) is 0 Å². The third-order valence-electron chi connectivity index (χ3n) is 4.95. The summed E-state index contributed by atoms with van der Waals surface area (Å²) in [6.07, 6.45) is 2.94. The number of hydrogen-bond acceptors (Lipinski definition) is 4. The zero-order valence-electron chi connectivity index (χ0n) is 18.3. The van der Waals surface area contributed by atoms with Crippen LogP contribution in [-0.4, -0.2) is 30.1 Å². The molecule has 0 unspecified atom stereocenters. The van der Waals surface area contributed by atoms with E-state index >= 15 is 0 Å². The van der Waals surface area contributed by atoms with E-state index in [0.717, 1.165) is 5.56 Å². The molecule has 8 heteroatoms. The van der Waals surface area contributed by atoms with Crippen molar-refractivity contribution in [3.8, 4) is 11.5 Å². The van der Waals surface area contributed by atoms with E-state index in [1.54, 1.807) is 36.4 Å². The van der Waals surface area contributed by atoms with E-state index in [9.17, 15) is 19.1 Å². The largest absolute Gasteiger partial charge is 0.493 e. The highest BCUT2D eigenvalue weighted by atomic mass is 35.5. The van der Waals surface area contributed by atoms with Crippen molar-refractivity contribution < 1.29 is 28.6 Å². The molecule has 2 N–H and O–H groups in total. The monoisotopic (exact) mass is 483 g/mol. The summed E-state index contributed by atoms with van der Waals surface area (Å²) >= 11 is 6.03. The molecule has 0 spiro atoms. The lowest BCUT2D eigenvalue weighted by atomic mass is 10.1. The van der Waals surface area contributed by atoms with Crippen LogP contribution in [-0.2, 0) is 22.6 Å². The first-order valence-electron chi connectivity index (χ1n) is 10.4. The Kier molecular flexibility index (Phi) is 8.65. The highest BCUT2D eigenvalue weighted by molar-refractivity contribution is 6.31. The van der Waals surface area contributed by atoms with Gasteiger partial charge in [0.25, 0.3) is 0 Å². The van der Waals surface area contributed by atoms with Crippen LogP contribution in [0.3, 0.4) is 0 Å². The lowest BCUT2D eigenvalue weighted by molar-refractivity contribution is -0.141. The summed E-state index contributed by atoms with van der Waals surface area (Å²) in [4.78, 5) is 23.8. The van der Waals surface area contributed by atoms with Gasteiger partial charge in [-0.3, -0.25) is 4.79 Å². The van der Waals surface area contributed by atoms with Gasteiger partial charge in [0.1, 0.15) is 18.5 Å². The van der Waals surface area contributed by atoms with Crippen molar-refractivity contribution in [2.45, 2.75) is 19.1 Å². The molecule has 3 aromatic rings. The Morgan fingerprint density at radius 1 is 1.09 bits per heavy atom. The van der Waals surface area contributed by atoms with Crippen LogP contribution < -0.4 is 14.8 Å². The molecule has 0 radical (unpaired) electrons. The normalized spacial score (nSPS) is 11.7. The van der Waals surface area contributed by atoms with Crippen LogP contribution in [0, 0.1) is 5.82 Å². The number of rotatable bonds is 10. The summed E-state index contributed by atoms with van der Waals surface area (Å²) < 4.78 is 25.0. The van der Waals surface area contributed by atoms with E-state index in [0.29, 0.717) is 17.1 Å². The Hall–Kier alpha value is -3.84. The first-order valence-corrected chi connectivity index (χ1v) is 10.7. The molecule has 0 bridgehead atoms. The van der Waals surface area contributed by atoms with Crippen molar-refractivity contribution in [3.63, 3.8) is 0 Å². The predicted molar refractivity (Wildman–Crippen MR) is 127 cm³/mol. The summed E-state index contributed by atoms with van der Waals surface area (Å²) in [5.74, 6) is -1.38. The maximum Gasteiger partial charge on any atom is 0.326 e. The number of aliphatic carboxylic acids is 1. The highest BCUT2D eigenvalue weighted by Crippen LogP contribution is 2.30. The average molecular weight is 484 g/mol. The number of halogens is 2. The fourth-order valence-corrected chi connectivity index (χ4v) is 3.39. The van der Waals surface area contributed by atoms with E-state index in [2.05, 4.69) is 5.32 Å². The number of benzene rings is 3. The Morgan fingerprint density at radius 3 is 2.53 bits per heavy atom.